The monoisotopic (exact) mass is 257 g/mol. The maximum Gasteiger partial charge on any atom is 0.433 e. The van der Waals surface area contributed by atoms with Gasteiger partial charge in [0.2, 0.25) is 0 Å². The molecule has 0 aliphatic carbocycles. The molecular formula is C11H10F3N3O. The molecule has 18 heavy (non-hydrogen) atoms. The summed E-state index contributed by atoms with van der Waals surface area (Å²) in [5.41, 5.74) is -1.83. The van der Waals surface area contributed by atoms with E-state index in [2.05, 4.69) is 15.0 Å². The smallest absolute Gasteiger partial charge is 0.379 e. The fourth-order valence-electron chi connectivity index (χ4n) is 1.53. The van der Waals surface area contributed by atoms with Crippen LogP contribution < -0.4 is 0 Å². The number of imidazole rings is 1. The van der Waals surface area contributed by atoms with Crippen LogP contribution in [0.5, 0.6) is 0 Å². The second kappa shape index (κ2) is 4.09. The van der Waals surface area contributed by atoms with Gasteiger partial charge in [0.15, 0.2) is 0 Å². The maximum absolute atomic E-state index is 12.3. The number of alkyl halides is 3. The third-order valence-corrected chi connectivity index (χ3v) is 2.64. The number of hydrogen-bond donors (Lipinski definition) is 2. The van der Waals surface area contributed by atoms with Crippen LogP contribution in [-0.4, -0.2) is 20.1 Å². The Morgan fingerprint density at radius 3 is 2.39 bits per heavy atom. The van der Waals surface area contributed by atoms with E-state index in [9.17, 15) is 18.3 Å². The predicted octanol–water partition coefficient (Wildman–Crippen LogP) is 2.08. The highest BCUT2D eigenvalue weighted by atomic mass is 19.4. The largest absolute Gasteiger partial charge is 0.433 e. The van der Waals surface area contributed by atoms with E-state index in [1.165, 1.54) is 25.5 Å². The van der Waals surface area contributed by atoms with Crippen molar-refractivity contribution in [2.45, 2.75) is 18.7 Å². The Hall–Kier alpha value is -1.89. The van der Waals surface area contributed by atoms with Crippen molar-refractivity contribution in [3.05, 3.63) is 47.8 Å². The van der Waals surface area contributed by atoms with Crippen LogP contribution in [0.15, 0.2) is 30.9 Å². The summed E-state index contributed by atoms with van der Waals surface area (Å²) < 4.78 is 37.0. The minimum atomic E-state index is -4.49. The molecule has 0 bridgehead atoms. The number of aliphatic hydroxyl groups is 1. The number of pyridine rings is 1. The van der Waals surface area contributed by atoms with E-state index in [0.717, 1.165) is 12.3 Å². The molecule has 7 heteroatoms. The van der Waals surface area contributed by atoms with E-state index in [1.54, 1.807) is 0 Å². The van der Waals surface area contributed by atoms with Gasteiger partial charge in [-0.1, -0.05) is 6.07 Å². The molecule has 0 fully saturated rings. The molecule has 0 radical (unpaired) electrons. The van der Waals surface area contributed by atoms with Crippen molar-refractivity contribution in [2.75, 3.05) is 0 Å². The van der Waals surface area contributed by atoms with E-state index in [0.29, 0.717) is 5.69 Å². The lowest BCUT2D eigenvalue weighted by Gasteiger charge is -2.22. The van der Waals surface area contributed by atoms with Gasteiger partial charge in [-0.3, -0.25) is 4.98 Å². The molecule has 0 aromatic carbocycles. The molecule has 4 nitrogen and oxygen atoms in total. The standard InChI is InChI=1S/C11H10F3N3O/c1-10(18,9-5-15-6-17-9)7-2-3-8(16-4-7)11(12,13)14/h2-6,18H,1H3,(H,15,17). The minimum absolute atomic E-state index is 0.250. The normalized spacial score (nSPS) is 15.4. The first-order valence-corrected chi connectivity index (χ1v) is 5.07. The highest BCUT2D eigenvalue weighted by Gasteiger charge is 2.34. The minimum Gasteiger partial charge on any atom is -0.379 e. The molecule has 2 aromatic heterocycles. The van der Waals surface area contributed by atoms with Crippen LogP contribution in [0.2, 0.25) is 0 Å². The van der Waals surface area contributed by atoms with Gasteiger partial charge >= 0.3 is 6.18 Å². The van der Waals surface area contributed by atoms with Gasteiger partial charge in [0.05, 0.1) is 18.2 Å². The topological polar surface area (TPSA) is 61.8 Å². The first-order valence-electron chi connectivity index (χ1n) is 5.07. The van der Waals surface area contributed by atoms with Crippen molar-refractivity contribution < 1.29 is 18.3 Å². The van der Waals surface area contributed by atoms with Gasteiger partial charge in [-0.15, -0.1) is 0 Å². The zero-order valence-electron chi connectivity index (χ0n) is 9.36. The van der Waals surface area contributed by atoms with Gasteiger partial charge < -0.3 is 10.1 Å². The molecule has 2 aromatic rings. The molecule has 0 amide bonds. The van der Waals surface area contributed by atoms with Gasteiger partial charge in [0.25, 0.3) is 0 Å². The molecule has 0 saturated heterocycles. The molecule has 0 aliphatic heterocycles. The molecule has 0 aliphatic rings. The van der Waals surface area contributed by atoms with Gasteiger partial charge in [0, 0.05) is 11.8 Å². The predicted molar refractivity (Wildman–Crippen MR) is 56.5 cm³/mol. The Morgan fingerprint density at radius 2 is 1.94 bits per heavy atom. The van der Waals surface area contributed by atoms with Crippen LogP contribution in [0.1, 0.15) is 23.9 Å². The summed E-state index contributed by atoms with van der Waals surface area (Å²) in [6.07, 6.45) is -0.707. The maximum atomic E-state index is 12.3. The van der Waals surface area contributed by atoms with Crippen molar-refractivity contribution >= 4 is 0 Å². The Bertz CT molecular complexity index is 517. The first-order chi connectivity index (χ1) is 8.32. The van der Waals surface area contributed by atoms with Crippen molar-refractivity contribution in [1.29, 1.82) is 0 Å². The van der Waals surface area contributed by atoms with Crippen LogP contribution in [0, 0.1) is 0 Å². The second-order valence-electron chi connectivity index (χ2n) is 3.97. The number of rotatable bonds is 2. The number of hydrogen-bond acceptors (Lipinski definition) is 3. The Balaban J connectivity index is 2.36. The first kappa shape index (κ1) is 12.6. The average Bonchev–Trinajstić information content (AvgIpc) is 2.82. The Morgan fingerprint density at radius 1 is 1.22 bits per heavy atom. The van der Waals surface area contributed by atoms with Crippen molar-refractivity contribution in [1.82, 2.24) is 15.0 Å². The molecule has 2 heterocycles. The number of H-pyrrole nitrogens is 1. The summed E-state index contributed by atoms with van der Waals surface area (Å²) in [6, 6.07) is 2.02. The molecule has 0 saturated carbocycles. The van der Waals surface area contributed by atoms with Crippen LogP contribution in [0.3, 0.4) is 0 Å². The average molecular weight is 257 g/mol. The highest BCUT2D eigenvalue weighted by molar-refractivity contribution is 5.29. The number of aromatic nitrogens is 3. The van der Waals surface area contributed by atoms with Crippen molar-refractivity contribution in [3.63, 3.8) is 0 Å². The summed E-state index contributed by atoms with van der Waals surface area (Å²) in [6.45, 7) is 1.45. The van der Waals surface area contributed by atoms with Crippen LogP contribution in [0.25, 0.3) is 0 Å². The Labute approximate surface area is 101 Å². The zero-order valence-corrected chi connectivity index (χ0v) is 9.36. The zero-order chi connectivity index (χ0) is 13.4. The van der Waals surface area contributed by atoms with Crippen molar-refractivity contribution in [3.8, 4) is 0 Å². The molecule has 2 rings (SSSR count). The van der Waals surface area contributed by atoms with Gasteiger partial charge in [-0.05, 0) is 13.0 Å². The van der Waals surface area contributed by atoms with Crippen molar-refractivity contribution in [2.24, 2.45) is 0 Å². The number of nitrogens with zero attached hydrogens (tertiary/aromatic N) is 2. The fourth-order valence-corrected chi connectivity index (χ4v) is 1.53. The number of nitrogens with one attached hydrogen (secondary N) is 1. The van der Waals surface area contributed by atoms with E-state index < -0.39 is 17.5 Å². The lowest BCUT2D eigenvalue weighted by molar-refractivity contribution is -0.141. The fraction of sp³-hybridized carbons (Fsp3) is 0.273. The summed E-state index contributed by atoms with van der Waals surface area (Å²) in [5, 5.41) is 10.2. The molecule has 1 unspecified atom stereocenters. The van der Waals surface area contributed by atoms with Crippen LogP contribution >= 0.6 is 0 Å². The molecule has 96 valence electrons. The molecule has 2 N–H and O–H groups in total. The van der Waals surface area contributed by atoms with E-state index in [4.69, 9.17) is 0 Å². The van der Waals surface area contributed by atoms with E-state index >= 15 is 0 Å². The number of halogens is 3. The summed E-state index contributed by atoms with van der Waals surface area (Å²) in [7, 11) is 0. The summed E-state index contributed by atoms with van der Waals surface area (Å²) in [5.74, 6) is 0. The SMILES string of the molecule is CC(O)(c1ccc(C(F)(F)F)nc1)c1cnc[nH]1. The molecule has 1 atom stereocenters. The third-order valence-electron chi connectivity index (χ3n) is 2.64. The van der Waals surface area contributed by atoms with Gasteiger partial charge in [-0.25, -0.2) is 4.98 Å². The van der Waals surface area contributed by atoms with Gasteiger partial charge in [-0.2, -0.15) is 13.2 Å². The second-order valence-corrected chi connectivity index (χ2v) is 3.97. The lowest BCUT2D eigenvalue weighted by Crippen LogP contribution is -2.24. The van der Waals surface area contributed by atoms with Crippen LogP contribution in [-0.2, 0) is 11.8 Å². The lowest BCUT2D eigenvalue weighted by atomic mass is 9.94. The molecular weight excluding hydrogens is 247 g/mol. The summed E-state index contributed by atoms with van der Waals surface area (Å²) >= 11 is 0. The van der Waals surface area contributed by atoms with Gasteiger partial charge in [0.1, 0.15) is 11.3 Å². The Kier molecular flexibility index (Phi) is 2.86. The summed E-state index contributed by atoms with van der Waals surface area (Å²) in [4.78, 5) is 9.77. The third kappa shape index (κ3) is 2.21. The van der Waals surface area contributed by atoms with E-state index in [-0.39, 0.29) is 5.56 Å². The highest BCUT2D eigenvalue weighted by Crippen LogP contribution is 2.30. The van der Waals surface area contributed by atoms with Crippen LogP contribution in [0.4, 0.5) is 13.2 Å². The molecule has 0 spiro atoms. The quantitative estimate of drug-likeness (QED) is 0.865. The van der Waals surface area contributed by atoms with E-state index in [1.807, 2.05) is 0 Å². The number of aromatic amines is 1.